The van der Waals surface area contributed by atoms with Crippen molar-refractivity contribution >= 4 is 45.0 Å². The smallest absolute Gasteiger partial charge is 0.308 e. The Bertz CT molecular complexity index is 893. The molecule has 3 amide bonds. The van der Waals surface area contributed by atoms with Crippen molar-refractivity contribution in [3.05, 3.63) is 58.6 Å². The molecule has 1 aliphatic rings. The van der Waals surface area contributed by atoms with Crippen LogP contribution >= 0.6 is 15.9 Å². The summed E-state index contributed by atoms with van der Waals surface area (Å²) in [7, 11) is 0. The maximum atomic E-state index is 12.2. The van der Waals surface area contributed by atoms with Crippen molar-refractivity contribution in [2.45, 2.75) is 20.3 Å². The molecule has 2 aromatic carbocycles. The maximum Gasteiger partial charge on any atom is 0.323 e. The van der Waals surface area contributed by atoms with Gasteiger partial charge in [-0.3, -0.25) is 4.79 Å². The molecular formula is C19H19BrN4O2. The molecule has 3 rings (SSSR count). The monoisotopic (exact) mass is 414 g/mol. The van der Waals surface area contributed by atoms with Gasteiger partial charge in [0.2, 0.25) is 5.91 Å². The summed E-state index contributed by atoms with van der Waals surface area (Å²) in [5.41, 5.74) is 5.13. The highest BCUT2D eigenvalue weighted by molar-refractivity contribution is 9.10. The first kappa shape index (κ1) is 18.1. The second kappa shape index (κ2) is 7.29. The molecule has 26 heavy (non-hydrogen) atoms. The first-order valence-corrected chi connectivity index (χ1v) is 8.94. The Labute approximate surface area is 160 Å². The normalized spacial score (nSPS) is 15.7. The average Bonchev–Trinajstić information content (AvgIpc) is 2.54. The van der Waals surface area contributed by atoms with E-state index in [2.05, 4.69) is 37.1 Å². The molecular weight excluding hydrogens is 396 g/mol. The van der Waals surface area contributed by atoms with Gasteiger partial charge in [-0.05, 0) is 30.3 Å². The van der Waals surface area contributed by atoms with Crippen LogP contribution in [-0.2, 0) is 4.79 Å². The van der Waals surface area contributed by atoms with Crippen LogP contribution in [0.5, 0.6) is 0 Å². The Balaban J connectivity index is 1.75. The molecule has 1 aliphatic heterocycles. The molecule has 0 bridgehead atoms. The van der Waals surface area contributed by atoms with E-state index in [1.165, 1.54) is 0 Å². The molecule has 7 heteroatoms. The third-order valence-electron chi connectivity index (χ3n) is 4.01. The zero-order valence-corrected chi connectivity index (χ0v) is 16.1. The minimum absolute atomic E-state index is 0.0959. The molecule has 0 radical (unpaired) electrons. The molecule has 0 fully saturated rings. The summed E-state index contributed by atoms with van der Waals surface area (Å²) in [6.07, 6.45) is 0.368. The van der Waals surface area contributed by atoms with Gasteiger partial charge >= 0.3 is 6.03 Å². The summed E-state index contributed by atoms with van der Waals surface area (Å²) < 4.78 is 0.886. The lowest BCUT2D eigenvalue weighted by Crippen LogP contribution is -2.39. The number of nitrogens with zero attached hydrogens (tertiary/aromatic N) is 1. The second-order valence-corrected chi connectivity index (χ2v) is 7.64. The van der Waals surface area contributed by atoms with Gasteiger partial charge in [0.05, 0.1) is 5.71 Å². The van der Waals surface area contributed by atoms with Crippen LogP contribution in [-0.4, -0.2) is 17.6 Å². The van der Waals surface area contributed by atoms with Crippen LogP contribution in [0, 0.1) is 5.41 Å². The van der Waals surface area contributed by atoms with Crippen molar-refractivity contribution in [2.75, 3.05) is 10.6 Å². The van der Waals surface area contributed by atoms with Gasteiger partial charge in [-0.15, -0.1) is 0 Å². The summed E-state index contributed by atoms with van der Waals surface area (Å²) in [5, 5.41) is 9.82. The van der Waals surface area contributed by atoms with Gasteiger partial charge in [0.15, 0.2) is 0 Å². The van der Waals surface area contributed by atoms with Gasteiger partial charge in [-0.1, -0.05) is 48.0 Å². The predicted octanol–water partition coefficient (Wildman–Crippen LogP) is 4.34. The summed E-state index contributed by atoms with van der Waals surface area (Å²) in [4.78, 5) is 23.8. The van der Waals surface area contributed by atoms with Crippen LogP contribution in [0.15, 0.2) is 58.1 Å². The highest BCUT2D eigenvalue weighted by Gasteiger charge is 2.33. The van der Waals surface area contributed by atoms with Crippen molar-refractivity contribution in [1.29, 1.82) is 0 Å². The van der Waals surface area contributed by atoms with E-state index in [-0.39, 0.29) is 17.4 Å². The first-order chi connectivity index (χ1) is 12.3. The number of hydrogen-bond acceptors (Lipinski definition) is 3. The van der Waals surface area contributed by atoms with Crippen molar-refractivity contribution in [1.82, 2.24) is 5.43 Å². The van der Waals surface area contributed by atoms with Crippen LogP contribution in [0.2, 0.25) is 0 Å². The third kappa shape index (κ3) is 4.29. The third-order valence-corrected chi connectivity index (χ3v) is 4.51. The molecule has 3 N–H and O–H groups in total. The second-order valence-electron chi connectivity index (χ2n) is 6.73. The Hall–Kier alpha value is -2.67. The number of halogens is 1. The van der Waals surface area contributed by atoms with Gasteiger partial charge < -0.3 is 10.6 Å². The van der Waals surface area contributed by atoms with Crippen molar-refractivity contribution in [3.63, 3.8) is 0 Å². The van der Waals surface area contributed by atoms with Crippen LogP contribution in [0.4, 0.5) is 16.2 Å². The van der Waals surface area contributed by atoms with Crippen LogP contribution < -0.4 is 16.1 Å². The fourth-order valence-corrected chi connectivity index (χ4v) is 3.25. The number of benzene rings is 2. The van der Waals surface area contributed by atoms with E-state index in [9.17, 15) is 9.59 Å². The highest BCUT2D eigenvalue weighted by Crippen LogP contribution is 2.30. The topological polar surface area (TPSA) is 82.6 Å². The SMILES string of the molecule is CC1(C)CC(=O)NN=C1c1cccc(NC(=O)Nc2cccc(Br)c2)c1. The standard InChI is InChI=1S/C19H19BrN4O2/c1-19(2)11-16(25)23-24-17(19)12-5-3-7-14(9-12)21-18(26)22-15-8-4-6-13(20)10-15/h3-10H,11H2,1-2H3,(H,23,25)(H2,21,22,26). The van der Waals surface area contributed by atoms with Gasteiger partial charge in [0.1, 0.15) is 0 Å². The van der Waals surface area contributed by atoms with Crippen molar-refractivity contribution < 1.29 is 9.59 Å². The molecule has 0 saturated carbocycles. The molecule has 1 heterocycles. The summed E-state index contributed by atoms with van der Waals surface area (Å²) in [5.74, 6) is -0.0959. The lowest BCUT2D eigenvalue weighted by atomic mass is 9.79. The van der Waals surface area contributed by atoms with E-state index < -0.39 is 0 Å². The number of carbonyl (C=O) groups excluding carboxylic acids is 2. The van der Waals surface area contributed by atoms with E-state index in [0.29, 0.717) is 17.8 Å². The van der Waals surface area contributed by atoms with Crippen molar-refractivity contribution in [3.8, 4) is 0 Å². The Morgan fingerprint density at radius 2 is 1.77 bits per heavy atom. The minimum atomic E-state index is -0.375. The molecule has 2 aromatic rings. The Kier molecular flexibility index (Phi) is 5.08. The van der Waals surface area contributed by atoms with Crippen LogP contribution in [0.25, 0.3) is 0 Å². The molecule has 0 aliphatic carbocycles. The molecule has 0 aromatic heterocycles. The van der Waals surface area contributed by atoms with E-state index in [0.717, 1.165) is 15.7 Å². The number of hydrogen-bond donors (Lipinski definition) is 3. The quantitative estimate of drug-likeness (QED) is 0.697. The maximum absolute atomic E-state index is 12.2. The van der Waals surface area contributed by atoms with Gasteiger partial charge in [0.25, 0.3) is 0 Å². The molecule has 0 atom stereocenters. The van der Waals surface area contributed by atoms with Crippen LogP contribution in [0.3, 0.4) is 0 Å². The summed E-state index contributed by atoms with van der Waals surface area (Å²) >= 11 is 3.37. The number of carbonyl (C=O) groups is 2. The molecule has 134 valence electrons. The number of nitrogens with one attached hydrogen (secondary N) is 3. The lowest BCUT2D eigenvalue weighted by Gasteiger charge is -2.29. The fourth-order valence-electron chi connectivity index (χ4n) is 2.85. The number of urea groups is 1. The van der Waals surface area contributed by atoms with Gasteiger partial charge in [0, 0.05) is 33.2 Å². The Morgan fingerprint density at radius 1 is 1.12 bits per heavy atom. The van der Waals surface area contributed by atoms with E-state index >= 15 is 0 Å². The van der Waals surface area contributed by atoms with Crippen molar-refractivity contribution in [2.24, 2.45) is 10.5 Å². The van der Waals surface area contributed by atoms with E-state index in [1.54, 1.807) is 6.07 Å². The number of rotatable bonds is 3. The Morgan fingerprint density at radius 3 is 2.42 bits per heavy atom. The predicted molar refractivity (Wildman–Crippen MR) is 106 cm³/mol. The zero-order chi connectivity index (χ0) is 18.7. The average molecular weight is 415 g/mol. The number of anilines is 2. The van der Waals surface area contributed by atoms with E-state index in [4.69, 9.17) is 0 Å². The largest absolute Gasteiger partial charge is 0.323 e. The minimum Gasteiger partial charge on any atom is -0.308 e. The summed E-state index contributed by atoms with van der Waals surface area (Å²) in [6, 6.07) is 14.4. The van der Waals surface area contributed by atoms with Crippen LogP contribution in [0.1, 0.15) is 25.8 Å². The lowest BCUT2D eigenvalue weighted by molar-refractivity contribution is -0.122. The number of hydrazone groups is 1. The van der Waals surface area contributed by atoms with Gasteiger partial charge in [-0.2, -0.15) is 5.10 Å². The number of amides is 3. The zero-order valence-electron chi connectivity index (χ0n) is 14.5. The first-order valence-electron chi connectivity index (χ1n) is 8.14. The highest BCUT2D eigenvalue weighted by atomic mass is 79.9. The molecule has 0 saturated heterocycles. The fraction of sp³-hybridized carbons (Fsp3) is 0.211. The molecule has 0 spiro atoms. The van der Waals surface area contributed by atoms with Gasteiger partial charge in [-0.25, -0.2) is 10.2 Å². The summed E-state index contributed by atoms with van der Waals surface area (Å²) in [6.45, 7) is 3.95. The molecule has 0 unspecified atom stereocenters. The van der Waals surface area contributed by atoms with E-state index in [1.807, 2.05) is 56.3 Å². The molecule has 6 nitrogen and oxygen atoms in total.